The Balaban J connectivity index is 0.00000300. The van der Waals surface area contributed by atoms with Crippen molar-refractivity contribution in [2.75, 3.05) is 53.0 Å². The third kappa shape index (κ3) is 7.68. The fourth-order valence-electron chi connectivity index (χ4n) is 4.52. The predicted molar refractivity (Wildman–Crippen MR) is 130 cm³/mol. The first kappa shape index (κ1) is 24.3. The lowest BCUT2D eigenvalue weighted by molar-refractivity contribution is 0.00820. The van der Waals surface area contributed by atoms with Crippen molar-refractivity contribution in [1.82, 2.24) is 20.5 Å². The molecule has 2 heterocycles. The maximum absolute atomic E-state index is 5.54. The molecule has 1 saturated carbocycles. The number of aryl methyl sites for hydroxylation is 1. The summed E-state index contributed by atoms with van der Waals surface area (Å²) in [6, 6.07) is 2.10. The van der Waals surface area contributed by atoms with Crippen LogP contribution in [0.15, 0.2) is 23.5 Å². The van der Waals surface area contributed by atoms with E-state index in [1.54, 1.807) is 0 Å². The van der Waals surface area contributed by atoms with Gasteiger partial charge in [0.05, 0.1) is 13.2 Å². The number of aromatic nitrogens is 1. The minimum absolute atomic E-state index is 0. The summed E-state index contributed by atoms with van der Waals surface area (Å²) >= 11 is 0. The first-order valence-corrected chi connectivity index (χ1v) is 10.8. The van der Waals surface area contributed by atoms with E-state index in [1.807, 2.05) is 19.4 Å². The summed E-state index contributed by atoms with van der Waals surface area (Å²) in [5, 5.41) is 7.13. The zero-order valence-electron chi connectivity index (χ0n) is 18.1. The van der Waals surface area contributed by atoms with Gasteiger partial charge in [0.2, 0.25) is 0 Å². The maximum atomic E-state index is 5.54. The Kier molecular flexibility index (Phi) is 10.7. The molecule has 1 aromatic rings. The molecule has 0 radical (unpaired) electrons. The van der Waals surface area contributed by atoms with Crippen molar-refractivity contribution in [2.24, 2.45) is 10.4 Å². The van der Waals surface area contributed by atoms with Crippen LogP contribution in [0.5, 0.6) is 0 Å². The van der Waals surface area contributed by atoms with Gasteiger partial charge in [-0.15, -0.1) is 24.0 Å². The summed E-state index contributed by atoms with van der Waals surface area (Å²) in [7, 11) is 1.86. The molecule has 0 unspecified atom stereocenters. The standard InChI is InChI=1S/C22H37N5O.HI/c1-19-16-24-10-6-20(19)7-11-25-21(23-2)26-17-22(8-4-3-5-9-22)18-27-12-14-28-15-13-27;/h6,10,16H,3-5,7-9,11-15,17-18H2,1-2H3,(H2,23,25,26);1H. The molecule has 164 valence electrons. The summed E-state index contributed by atoms with van der Waals surface area (Å²) < 4.78 is 5.54. The average molecular weight is 515 g/mol. The smallest absolute Gasteiger partial charge is 0.191 e. The Morgan fingerprint density at radius 3 is 2.66 bits per heavy atom. The fraction of sp³-hybridized carbons (Fsp3) is 0.727. The number of nitrogens with one attached hydrogen (secondary N) is 2. The zero-order chi connectivity index (χ0) is 19.7. The van der Waals surface area contributed by atoms with Crippen LogP contribution in [-0.4, -0.2) is 68.8 Å². The lowest BCUT2D eigenvalue weighted by atomic mass is 9.73. The highest BCUT2D eigenvalue weighted by Crippen LogP contribution is 2.36. The first-order valence-electron chi connectivity index (χ1n) is 10.8. The number of halogens is 1. The third-order valence-corrected chi connectivity index (χ3v) is 6.25. The van der Waals surface area contributed by atoms with Gasteiger partial charge in [0, 0.05) is 57.6 Å². The van der Waals surface area contributed by atoms with Crippen LogP contribution < -0.4 is 10.6 Å². The van der Waals surface area contributed by atoms with Gasteiger partial charge in [-0.25, -0.2) is 0 Å². The SMILES string of the molecule is CN=C(NCCc1ccncc1C)NCC1(CN2CCOCC2)CCCCC1.I. The molecular formula is C22H38IN5O. The molecule has 7 heteroatoms. The van der Waals surface area contributed by atoms with Crippen molar-refractivity contribution in [1.29, 1.82) is 0 Å². The van der Waals surface area contributed by atoms with Crippen molar-refractivity contribution < 1.29 is 4.74 Å². The van der Waals surface area contributed by atoms with Crippen molar-refractivity contribution in [3.05, 3.63) is 29.6 Å². The van der Waals surface area contributed by atoms with Crippen LogP contribution in [0.1, 0.15) is 43.2 Å². The van der Waals surface area contributed by atoms with Gasteiger partial charge in [0.1, 0.15) is 0 Å². The van der Waals surface area contributed by atoms with Gasteiger partial charge >= 0.3 is 0 Å². The fourth-order valence-corrected chi connectivity index (χ4v) is 4.52. The summed E-state index contributed by atoms with van der Waals surface area (Å²) in [5.41, 5.74) is 2.95. The summed E-state index contributed by atoms with van der Waals surface area (Å²) in [5.74, 6) is 0.915. The van der Waals surface area contributed by atoms with Crippen LogP contribution >= 0.6 is 24.0 Å². The Morgan fingerprint density at radius 1 is 1.21 bits per heavy atom. The van der Waals surface area contributed by atoms with Crippen LogP contribution in [0, 0.1) is 12.3 Å². The lowest BCUT2D eigenvalue weighted by Crippen LogP contribution is -2.51. The lowest BCUT2D eigenvalue weighted by Gasteiger charge is -2.42. The molecule has 0 atom stereocenters. The summed E-state index contributed by atoms with van der Waals surface area (Å²) in [6.45, 7) is 9.06. The second-order valence-corrected chi connectivity index (χ2v) is 8.35. The van der Waals surface area contributed by atoms with Crippen molar-refractivity contribution in [2.45, 2.75) is 45.4 Å². The van der Waals surface area contributed by atoms with Gasteiger partial charge in [-0.05, 0) is 43.4 Å². The van der Waals surface area contributed by atoms with Crippen molar-refractivity contribution in [3.8, 4) is 0 Å². The second-order valence-electron chi connectivity index (χ2n) is 8.35. The van der Waals surface area contributed by atoms with Crippen LogP contribution in [0.4, 0.5) is 0 Å². The van der Waals surface area contributed by atoms with E-state index in [2.05, 4.69) is 38.5 Å². The van der Waals surface area contributed by atoms with E-state index in [4.69, 9.17) is 4.74 Å². The number of aliphatic imine (C=N–C) groups is 1. The number of guanidine groups is 1. The zero-order valence-corrected chi connectivity index (χ0v) is 20.4. The van der Waals surface area contributed by atoms with Crippen LogP contribution in [-0.2, 0) is 11.2 Å². The Hall–Kier alpha value is -0.930. The van der Waals surface area contributed by atoms with E-state index in [9.17, 15) is 0 Å². The highest BCUT2D eigenvalue weighted by Gasteiger charge is 2.34. The number of ether oxygens (including phenoxy) is 1. The number of rotatable bonds is 7. The second kappa shape index (κ2) is 12.7. The minimum Gasteiger partial charge on any atom is -0.379 e. The number of morpholine rings is 1. The van der Waals surface area contributed by atoms with Gasteiger partial charge in [-0.1, -0.05) is 19.3 Å². The predicted octanol–water partition coefficient (Wildman–Crippen LogP) is 3.00. The van der Waals surface area contributed by atoms with E-state index >= 15 is 0 Å². The van der Waals surface area contributed by atoms with Gasteiger partial charge in [0.15, 0.2) is 5.96 Å². The molecule has 0 spiro atoms. The first-order chi connectivity index (χ1) is 13.7. The van der Waals surface area contributed by atoms with E-state index < -0.39 is 0 Å². The molecule has 2 N–H and O–H groups in total. The topological polar surface area (TPSA) is 61.8 Å². The molecule has 1 saturated heterocycles. The van der Waals surface area contributed by atoms with Crippen LogP contribution in [0.25, 0.3) is 0 Å². The highest BCUT2D eigenvalue weighted by molar-refractivity contribution is 14.0. The number of hydrogen-bond donors (Lipinski definition) is 2. The number of nitrogens with zero attached hydrogens (tertiary/aromatic N) is 3. The van der Waals surface area contributed by atoms with Crippen LogP contribution in [0.3, 0.4) is 0 Å². The molecule has 1 aliphatic heterocycles. The van der Waals surface area contributed by atoms with Crippen molar-refractivity contribution in [3.63, 3.8) is 0 Å². The molecule has 1 aliphatic carbocycles. The molecule has 0 amide bonds. The molecule has 3 rings (SSSR count). The highest BCUT2D eigenvalue weighted by atomic mass is 127. The Labute approximate surface area is 193 Å². The quantitative estimate of drug-likeness (QED) is 0.332. The van der Waals surface area contributed by atoms with Crippen molar-refractivity contribution >= 4 is 29.9 Å². The Morgan fingerprint density at radius 2 is 1.97 bits per heavy atom. The number of pyridine rings is 1. The summed E-state index contributed by atoms with van der Waals surface area (Å²) in [6.07, 6.45) is 11.5. The van der Waals surface area contributed by atoms with Gasteiger partial charge in [-0.3, -0.25) is 14.9 Å². The molecular weight excluding hydrogens is 477 g/mol. The molecule has 6 nitrogen and oxygen atoms in total. The van der Waals surface area contributed by atoms with E-state index in [0.717, 1.165) is 51.8 Å². The summed E-state index contributed by atoms with van der Waals surface area (Å²) in [4.78, 5) is 11.2. The molecule has 0 aromatic carbocycles. The largest absolute Gasteiger partial charge is 0.379 e. The van der Waals surface area contributed by atoms with Gasteiger partial charge in [-0.2, -0.15) is 0 Å². The molecule has 1 aromatic heterocycles. The minimum atomic E-state index is 0. The molecule has 29 heavy (non-hydrogen) atoms. The average Bonchev–Trinajstić information content (AvgIpc) is 2.73. The third-order valence-electron chi connectivity index (χ3n) is 6.25. The molecule has 2 fully saturated rings. The van der Waals surface area contributed by atoms with E-state index in [0.29, 0.717) is 5.41 Å². The Bertz CT molecular complexity index is 627. The van der Waals surface area contributed by atoms with Gasteiger partial charge < -0.3 is 15.4 Å². The molecule has 0 bridgehead atoms. The van der Waals surface area contributed by atoms with E-state index in [1.165, 1.54) is 49.8 Å². The van der Waals surface area contributed by atoms with Gasteiger partial charge in [0.25, 0.3) is 0 Å². The maximum Gasteiger partial charge on any atom is 0.191 e. The van der Waals surface area contributed by atoms with E-state index in [-0.39, 0.29) is 24.0 Å². The number of hydrogen-bond acceptors (Lipinski definition) is 4. The molecule has 2 aliphatic rings. The normalized spacial score (nSPS) is 20.0. The monoisotopic (exact) mass is 515 g/mol. The van der Waals surface area contributed by atoms with Crippen LogP contribution in [0.2, 0.25) is 0 Å².